The molecule has 14 rings (SSSR count). The van der Waals surface area contributed by atoms with Crippen LogP contribution >= 0.6 is 11.6 Å². The molecule has 4 amide bonds. The van der Waals surface area contributed by atoms with Crippen LogP contribution in [0.15, 0.2) is 205 Å². The molecule has 0 radical (unpaired) electrons. The normalized spacial score (nSPS) is 30.3. The van der Waals surface area contributed by atoms with Crippen LogP contribution in [0.4, 0.5) is 0 Å². The van der Waals surface area contributed by atoms with Gasteiger partial charge in [-0.25, -0.2) is 0 Å². The molecule has 5 fully saturated rings. The minimum Gasteiger partial charge on any atom is -0.457 e. The first-order chi connectivity index (χ1) is 48.0. The topological polar surface area (TPSA) is 270 Å². The third-order valence-electron chi connectivity index (χ3n) is 18.1. The van der Waals surface area contributed by atoms with E-state index < -0.39 is 140 Å². The fraction of sp³-hybridized carbons (Fsp3) is 0.356. The number of azide groups is 1. The van der Waals surface area contributed by atoms with E-state index in [1.54, 1.807) is 24.3 Å². The van der Waals surface area contributed by atoms with E-state index in [2.05, 4.69) is 10.0 Å². The van der Waals surface area contributed by atoms with Crippen molar-refractivity contribution in [1.82, 2.24) is 9.80 Å². The molecular weight excluding hydrogens is 1290 g/mol. The molecule has 0 aliphatic carbocycles. The van der Waals surface area contributed by atoms with E-state index in [0.29, 0.717) is 16.7 Å². The molecule has 0 bridgehead atoms. The van der Waals surface area contributed by atoms with Gasteiger partial charge in [-0.3, -0.25) is 38.5 Å². The van der Waals surface area contributed by atoms with Crippen molar-refractivity contribution < 1.29 is 90.3 Å². The van der Waals surface area contributed by atoms with Gasteiger partial charge in [0.1, 0.15) is 66.8 Å². The molecule has 24 nitrogen and oxygen atoms in total. The zero-order chi connectivity index (χ0) is 67.3. The Morgan fingerprint density at radius 3 is 1.49 bits per heavy atom. The Balaban J connectivity index is 0.904. The first kappa shape index (κ1) is 66.6. The van der Waals surface area contributed by atoms with Crippen molar-refractivity contribution in [2.45, 2.75) is 138 Å². The van der Waals surface area contributed by atoms with Crippen LogP contribution < -0.4 is 0 Å². The molecule has 7 heterocycles. The number of hydrogen-bond acceptors (Lipinski definition) is 20. The quantitative estimate of drug-likeness (QED) is 0.0136. The smallest absolute Gasteiger partial charge is 0.303 e. The van der Waals surface area contributed by atoms with Crippen LogP contribution in [0, 0.1) is 0 Å². The van der Waals surface area contributed by atoms with Crippen LogP contribution in [0.2, 0.25) is 0 Å². The van der Waals surface area contributed by atoms with E-state index in [9.17, 15) is 19.9 Å². The van der Waals surface area contributed by atoms with Crippen molar-refractivity contribution in [2.75, 3.05) is 25.7 Å². The van der Waals surface area contributed by atoms with Gasteiger partial charge in [-0.1, -0.05) is 181 Å². The van der Waals surface area contributed by atoms with Crippen LogP contribution in [-0.2, 0) is 97.5 Å². The molecular formula is C73H68ClN5O19. The van der Waals surface area contributed by atoms with Crippen molar-refractivity contribution in [3.05, 3.63) is 261 Å². The van der Waals surface area contributed by atoms with Gasteiger partial charge in [0.2, 0.25) is 0 Å². The van der Waals surface area contributed by atoms with E-state index >= 15 is 9.59 Å². The van der Waals surface area contributed by atoms with E-state index in [1.165, 1.54) is 31.2 Å². The standard InChI is InChI=1S/C73H68ClN5O19/c1-43(80)90-63-59-55(41-89-70(94-59)48-29-15-6-16-30-48)93-72-64(63)97-73(42-74,98-72)96-60-54(40-86-36-45-23-9-3-10-24-45)92-71(57(62(60)88-38-47-27-13-5-14-28-47)79-68(83)51-33-19-20-34-52(51)69(79)84)95-58-53(39-85-35-44-21-7-2-8-22-44)91-65(76-77-75)56(61(58)87-37-46-25-11-4-12-26-46)78-66(81)49-31-17-18-32-50(49)67(78)82/h2-34,53-65,70-72H,35-42H2,1H3/t53-,54-,55-,56-,57-,58-,59-,60-,61-,62-,63+,64-,65-,70-,71+,72-,73+/m1/s1. The van der Waals surface area contributed by atoms with E-state index in [1.807, 2.05) is 152 Å². The maximum Gasteiger partial charge on any atom is 0.303 e. The SMILES string of the molecule is CC(=O)O[C@@H]1[C@H]2O[C@](CCl)(O[C@H]3[C@H](OCc4ccccc4)[C@@H](N4C(=O)c5ccccc5C4=O)[C@H](O[C@H]4[C@H](OCc5ccccc5)[C@@H](N5C(=O)c6ccccc6C5=O)[C@H](N=[N+]=[N-])O[C@@H]4COCc4ccccc4)O[C@@H]3COCc3ccccc3)O[C@H]2O[C@@H]2CO[C@@H](c3ccccc3)O[C@@H]12. The Bertz CT molecular complexity index is 3950. The average Bonchev–Trinajstić information content (AvgIpc) is 1.66. The Labute approximate surface area is 567 Å². The Morgan fingerprint density at radius 2 is 1.00 bits per heavy atom. The third-order valence-corrected chi connectivity index (χ3v) is 18.4. The van der Waals surface area contributed by atoms with E-state index in [0.717, 1.165) is 20.9 Å². The number of nitrogens with zero attached hydrogens (tertiary/aromatic N) is 5. The second kappa shape index (κ2) is 29.8. The number of amides is 4. The van der Waals surface area contributed by atoms with Gasteiger partial charge in [-0.2, -0.15) is 0 Å². The summed E-state index contributed by atoms with van der Waals surface area (Å²) in [7, 11) is 0. The lowest BCUT2D eigenvalue weighted by Crippen LogP contribution is -2.71. The van der Waals surface area contributed by atoms with Crippen LogP contribution in [0.5, 0.6) is 0 Å². The van der Waals surface area contributed by atoms with Crippen molar-refractivity contribution >= 4 is 41.2 Å². The largest absolute Gasteiger partial charge is 0.457 e. The molecule has 0 spiro atoms. The molecule has 7 aliphatic rings. The summed E-state index contributed by atoms with van der Waals surface area (Å²) in [6, 6.07) is 55.3. The van der Waals surface area contributed by atoms with Crippen molar-refractivity contribution in [2.24, 2.45) is 5.11 Å². The zero-order valence-electron chi connectivity index (χ0n) is 52.8. The van der Waals surface area contributed by atoms with Gasteiger partial charge >= 0.3 is 11.9 Å². The van der Waals surface area contributed by atoms with Gasteiger partial charge in [0, 0.05) is 17.4 Å². The lowest BCUT2D eigenvalue weighted by atomic mass is 9.92. The van der Waals surface area contributed by atoms with Gasteiger partial charge in [0.15, 0.2) is 37.3 Å². The Kier molecular flexibility index (Phi) is 20.3. The third kappa shape index (κ3) is 13.8. The Morgan fingerprint density at radius 1 is 0.541 bits per heavy atom. The summed E-state index contributed by atoms with van der Waals surface area (Å²) >= 11 is 7.11. The molecule has 0 N–H and O–H groups in total. The summed E-state index contributed by atoms with van der Waals surface area (Å²) in [5.41, 5.74) is 14.2. The lowest BCUT2D eigenvalue weighted by Gasteiger charge is -2.52. The predicted octanol–water partition coefficient (Wildman–Crippen LogP) is 9.53. The number of esters is 1. The fourth-order valence-electron chi connectivity index (χ4n) is 13.6. The monoisotopic (exact) mass is 1350 g/mol. The van der Waals surface area contributed by atoms with Gasteiger partial charge in [-0.05, 0) is 52.1 Å². The molecule has 7 aliphatic heterocycles. The van der Waals surface area contributed by atoms with Crippen LogP contribution in [0.3, 0.4) is 0 Å². The molecule has 5 saturated heterocycles. The molecule has 0 aromatic heterocycles. The number of halogens is 1. The zero-order valence-corrected chi connectivity index (χ0v) is 53.6. The number of alkyl halides is 1. The number of carbonyl (C=O) groups excluding carboxylic acids is 5. The Hall–Kier alpha value is -8.63. The van der Waals surface area contributed by atoms with Crippen LogP contribution in [0.1, 0.15) is 82.5 Å². The minimum absolute atomic E-state index is 0.0191. The number of ether oxygens (including phenoxy) is 14. The van der Waals surface area contributed by atoms with Crippen molar-refractivity contribution in [1.29, 1.82) is 0 Å². The first-order valence-electron chi connectivity index (χ1n) is 32.2. The molecule has 7 aromatic rings. The molecule has 17 atom stereocenters. The van der Waals surface area contributed by atoms with Crippen LogP contribution in [-0.4, -0.2) is 163 Å². The second-order valence-electron chi connectivity index (χ2n) is 24.4. The second-order valence-corrected chi connectivity index (χ2v) is 24.6. The molecule has 25 heteroatoms. The van der Waals surface area contributed by atoms with Gasteiger partial charge in [0.25, 0.3) is 23.6 Å². The summed E-state index contributed by atoms with van der Waals surface area (Å²) in [5, 5.41) is 4.11. The molecule has 98 heavy (non-hydrogen) atoms. The van der Waals surface area contributed by atoms with Gasteiger partial charge in [0.05, 0.1) is 68.5 Å². The number of benzene rings is 7. The summed E-state index contributed by atoms with van der Waals surface area (Å²) < 4.78 is 95.3. The first-order valence-corrected chi connectivity index (χ1v) is 32.7. The highest BCUT2D eigenvalue weighted by atomic mass is 35.5. The van der Waals surface area contributed by atoms with E-state index in [4.69, 9.17) is 77.9 Å². The predicted molar refractivity (Wildman–Crippen MR) is 344 cm³/mol. The number of imide groups is 2. The van der Waals surface area contributed by atoms with Crippen molar-refractivity contribution in [3.63, 3.8) is 0 Å². The summed E-state index contributed by atoms with van der Waals surface area (Å²) in [5.74, 6) is -6.64. The molecule has 0 unspecified atom stereocenters. The highest BCUT2D eigenvalue weighted by Crippen LogP contribution is 2.47. The molecule has 0 saturated carbocycles. The summed E-state index contributed by atoms with van der Waals surface area (Å²) in [4.78, 5) is 79.4. The fourth-order valence-corrected chi connectivity index (χ4v) is 13.8. The minimum atomic E-state index is -2.35. The number of fused-ring (bicyclic) bond motifs is 4. The highest BCUT2D eigenvalue weighted by Gasteiger charge is 2.65. The number of hydrogen-bond donors (Lipinski definition) is 0. The molecule has 506 valence electrons. The maximum atomic E-state index is 15.6. The van der Waals surface area contributed by atoms with Crippen LogP contribution in [0.25, 0.3) is 10.4 Å². The summed E-state index contributed by atoms with van der Waals surface area (Å²) in [6.07, 6.45) is -19.0. The lowest BCUT2D eigenvalue weighted by molar-refractivity contribution is -0.401. The summed E-state index contributed by atoms with van der Waals surface area (Å²) in [6.45, 7) is 0.266. The molecule has 7 aromatic carbocycles. The maximum absolute atomic E-state index is 15.6. The number of carbonyl (C=O) groups is 5. The average molecular weight is 1350 g/mol. The van der Waals surface area contributed by atoms with Crippen molar-refractivity contribution in [3.8, 4) is 0 Å². The van der Waals surface area contributed by atoms with E-state index in [-0.39, 0.29) is 68.5 Å². The highest BCUT2D eigenvalue weighted by molar-refractivity contribution is 6.22. The van der Waals surface area contributed by atoms with Gasteiger partial charge < -0.3 is 61.6 Å². The number of rotatable bonds is 24. The van der Waals surface area contributed by atoms with Gasteiger partial charge in [-0.15, -0.1) is 11.6 Å².